The van der Waals surface area contributed by atoms with Gasteiger partial charge in [0.15, 0.2) is 0 Å². The molecule has 0 unspecified atom stereocenters. The normalized spacial score (nSPS) is 12.4. The van der Waals surface area contributed by atoms with Crippen LogP contribution < -0.4 is 0 Å². The second-order valence-corrected chi connectivity index (χ2v) is 7.19. The fraction of sp³-hybridized carbons (Fsp3) is 0.455. The van der Waals surface area contributed by atoms with Crippen LogP contribution in [0.3, 0.4) is 0 Å². The molecule has 0 bridgehead atoms. The summed E-state index contributed by atoms with van der Waals surface area (Å²) in [4.78, 5) is 0.0505. The third-order valence-electron chi connectivity index (χ3n) is 2.38. The van der Waals surface area contributed by atoms with Gasteiger partial charge in [0, 0.05) is 17.1 Å². The van der Waals surface area contributed by atoms with E-state index < -0.39 is 10.0 Å². The first-order valence-electron chi connectivity index (χ1n) is 5.38. The molecule has 18 heavy (non-hydrogen) atoms. The second-order valence-electron chi connectivity index (χ2n) is 4.01. The van der Waals surface area contributed by atoms with E-state index in [2.05, 4.69) is 15.9 Å². The number of aliphatic hydroxyl groups excluding tert-OH is 1. The molecule has 0 saturated heterocycles. The molecule has 0 saturated carbocycles. The number of nitrogens with zero attached hydrogens (tertiary/aromatic N) is 1. The zero-order valence-corrected chi connectivity index (χ0v) is 13.3. The van der Waals surface area contributed by atoms with E-state index in [1.54, 1.807) is 19.9 Å². The molecule has 102 valence electrons. The summed E-state index contributed by atoms with van der Waals surface area (Å²) in [6.45, 7) is 3.32. The molecule has 1 aromatic carbocycles. The molecule has 0 radical (unpaired) electrons. The highest BCUT2D eigenvalue weighted by molar-refractivity contribution is 9.10. The Kier molecular flexibility index (Phi) is 5.61. The summed E-state index contributed by atoms with van der Waals surface area (Å²) in [7, 11) is -3.69. The smallest absolute Gasteiger partial charge is 0.244 e. The van der Waals surface area contributed by atoms with Crippen LogP contribution in [0, 0.1) is 0 Å². The standard InChI is InChI=1S/C11H15BrClNO3S/c1-8(2)14(5-6-15)18(16,17)11-4-3-9(12)7-10(11)13/h3-4,7-8,15H,5-6H2,1-2H3. The van der Waals surface area contributed by atoms with Crippen LogP contribution in [-0.2, 0) is 10.0 Å². The summed E-state index contributed by atoms with van der Waals surface area (Å²) in [6, 6.07) is 4.36. The fourth-order valence-corrected chi connectivity index (χ4v) is 4.21. The van der Waals surface area contributed by atoms with Gasteiger partial charge in [0.25, 0.3) is 0 Å². The van der Waals surface area contributed by atoms with Gasteiger partial charge in [-0.1, -0.05) is 27.5 Å². The van der Waals surface area contributed by atoms with Crippen LogP contribution in [0.25, 0.3) is 0 Å². The van der Waals surface area contributed by atoms with Gasteiger partial charge in [0.1, 0.15) is 4.90 Å². The lowest BCUT2D eigenvalue weighted by atomic mass is 10.4. The van der Waals surface area contributed by atoms with Crippen LogP contribution in [0.4, 0.5) is 0 Å². The lowest BCUT2D eigenvalue weighted by Crippen LogP contribution is -2.39. The highest BCUT2D eigenvalue weighted by Gasteiger charge is 2.28. The average Bonchev–Trinajstić information content (AvgIpc) is 2.24. The van der Waals surface area contributed by atoms with Gasteiger partial charge < -0.3 is 5.11 Å². The van der Waals surface area contributed by atoms with E-state index in [1.807, 2.05) is 0 Å². The highest BCUT2D eigenvalue weighted by atomic mass is 79.9. The van der Waals surface area contributed by atoms with E-state index in [9.17, 15) is 8.42 Å². The summed E-state index contributed by atoms with van der Waals surface area (Å²) in [5.74, 6) is 0. The van der Waals surface area contributed by atoms with Crippen molar-refractivity contribution < 1.29 is 13.5 Å². The molecule has 1 N–H and O–H groups in total. The van der Waals surface area contributed by atoms with Crippen LogP contribution in [0.15, 0.2) is 27.6 Å². The summed E-state index contributed by atoms with van der Waals surface area (Å²) in [5, 5.41) is 9.12. The van der Waals surface area contributed by atoms with Crippen molar-refractivity contribution in [1.29, 1.82) is 0 Å². The quantitative estimate of drug-likeness (QED) is 0.882. The van der Waals surface area contributed by atoms with Crippen molar-refractivity contribution >= 4 is 37.6 Å². The molecule has 0 aliphatic carbocycles. The number of hydrogen-bond donors (Lipinski definition) is 1. The molecule has 0 amide bonds. The molecule has 0 heterocycles. The average molecular weight is 357 g/mol. The van der Waals surface area contributed by atoms with Crippen molar-refractivity contribution in [1.82, 2.24) is 4.31 Å². The Balaban J connectivity index is 3.26. The van der Waals surface area contributed by atoms with Gasteiger partial charge in [-0.15, -0.1) is 0 Å². The van der Waals surface area contributed by atoms with Gasteiger partial charge in [0.2, 0.25) is 10.0 Å². The first kappa shape index (κ1) is 15.9. The van der Waals surface area contributed by atoms with E-state index in [0.29, 0.717) is 4.47 Å². The van der Waals surface area contributed by atoms with Gasteiger partial charge >= 0.3 is 0 Å². The molecule has 0 aliphatic heterocycles. The fourth-order valence-electron chi connectivity index (χ4n) is 1.57. The van der Waals surface area contributed by atoms with Gasteiger partial charge in [-0.05, 0) is 32.0 Å². The Hall–Kier alpha value is -0.140. The Morgan fingerprint density at radius 2 is 2.06 bits per heavy atom. The zero-order chi connectivity index (χ0) is 13.9. The summed E-state index contributed by atoms with van der Waals surface area (Å²) in [5.41, 5.74) is 0. The molecule has 0 fully saturated rings. The van der Waals surface area contributed by atoms with E-state index in [4.69, 9.17) is 16.7 Å². The third kappa shape index (κ3) is 3.45. The van der Waals surface area contributed by atoms with Crippen LogP contribution >= 0.6 is 27.5 Å². The first-order valence-corrected chi connectivity index (χ1v) is 7.99. The van der Waals surface area contributed by atoms with Crippen LogP contribution in [0.2, 0.25) is 5.02 Å². The molecule has 0 aromatic heterocycles. The molecule has 7 heteroatoms. The van der Waals surface area contributed by atoms with Crippen molar-refractivity contribution in [3.8, 4) is 0 Å². The lowest BCUT2D eigenvalue weighted by molar-refractivity contribution is 0.236. The Morgan fingerprint density at radius 3 is 2.50 bits per heavy atom. The van der Waals surface area contributed by atoms with Crippen LogP contribution in [0.5, 0.6) is 0 Å². The molecule has 0 atom stereocenters. The predicted molar refractivity (Wildman–Crippen MR) is 75.3 cm³/mol. The zero-order valence-electron chi connectivity index (χ0n) is 10.1. The minimum absolute atomic E-state index is 0.0480. The van der Waals surface area contributed by atoms with Gasteiger partial charge in [-0.3, -0.25) is 0 Å². The Labute approximate surface area is 121 Å². The number of hydrogen-bond acceptors (Lipinski definition) is 3. The first-order chi connectivity index (χ1) is 8.30. The Morgan fingerprint density at radius 1 is 1.44 bits per heavy atom. The molecule has 0 spiro atoms. The molecule has 4 nitrogen and oxygen atoms in total. The van der Waals surface area contributed by atoms with E-state index >= 15 is 0 Å². The largest absolute Gasteiger partial charge is 0.395 e. The minimum Gasteiger partial charge on any atom is -0.395 e. The minimum atomic E-state index is -3.69. The van der Waals surface area contributed by atoms with E-state index in [0.717, 1.165) is 0 Å². The van der Waals surface area contributed by atoms with Crippen LogP contribution in [-0.4, -0.2) is 37.0 Å². The predicted octanol–water partition coefficient (Wildman–Crippen LogP) is 2.49. The van der Waals surface area contributed by atoms with Crippen molar-refractivity contribution in [2.45, 2.75) is 24.8 Å². The molecular formula is C11H15BrClNO3S. The monoisotopic (exact) mass is 355 g/mol. The summed E-state index contributed by atoms with van der Waals surface area (Å²) in [6.07, 6.45) is 0. The number of halogens is 2. The second kappa shape index (κ2) is 6.34. The van der Waals surface area contributed by atoms with Crippen molar-refractivity contribution in [3.63, 3.8) is 0 Å². The van der Waals surface area contributed by atoms with E-state index in [-0.39, 0.29) is 29.1 Å². The number of aliphatic hydroxyl groups is 1. The highest BCUT2D eigenvalue weighted by Crippen LogP contribution is 2.28. The van der Waals surface area contributed by atoms with E-state index in [1.165, 1.54) is 16.4 Å². The maximum absolute atomic E-state index is 12.4. The SMILES string of the molecule is CC(C)N(CCO)S(=O)(=O)c1ccc(Br)cc1Cl. The lowest BCUT2D eigenvalue weighted by Gasteiger charge is -2.25. The van der Waals surface area contributed by atoms with Gasteiger partial charge in [-0.2, -0.15) is 4.31 Å². The topological polar surface area (TPSA) is 57.6 Å². The maximum Gasteiger partial charge on any atom is 0.244 e. The number of rotatable bonds is 5. The van der Waals surface area contributed by atoms with Crippen molar-refractivity contribution in [2.24, 2.45) is 0 Å². The maximum atomic E-state index is 12.4. The Bertz CT molecular complexity index is 519. The summed E-state index contributed by atoms with van der Waals surface area (Å²) < 4.78 is 26.8. The molecule has 0 aliphatic rings. The molecule has 1 aromatic rings. The van der Waals surface area contributed by atoms with Gasteiger partial charge in [-0.25, -0.2) is 8.42 Å². The van der Waals surface area contributed by atoms with Crippen LogP contribution in [0.1, 0.15) is 13.8 Å². The number of sulfonamides is 1. The molecule has 1 rings (SSSR count). The van der Waals surface area contributed by atoms with Crippen molar-refractivity contribution in [2.75, 3.05) is 13.2 Å². The number of benzene rings is 1. The summed E-state index contributed by atoms with van der Waals surface area (Å²) >= 11 is 9.19. The molecular weight excluding hydrogens is 342 g/mol. The van der Waals surface area contributed by atoms with Crippen molar-refractivity contribution in [3.05, 3.63) is 27.7 Å². The third-order valence-corrected chi connectivity index (χ3v) is 5.43. The van der Waals surface area contributed by atoms with Gasteiger partial charge in [0.05, 0.1) is 11.6 Å².